The lowest BCUT2D eigenvalue weighted by Gasteiger charge is -2.30. The van der Waals surface area contributed by atoms with Crippen LogP contribution >= 0.6 is 0 Å². The molecule has 1 aromatic rings. The molecule has 3 nitrogen and oxygen atoms in total. The van der Waals surface area contributed by atoms with Gasteiger partial charge in [-0.15, -0.1) is 0 Å². The molecule has 1 rings (SSSR count). The molecule has 0 radical (unpaired) electrons. The van der Waals surface area contributed by atoms with Crippen molar-refractivity contribution >= 4 is 11.4 Å². The van der Waals surface area contributed by atoms with Crippen LogP contribution in [0.5, 0.6) is 5.75 Å². The summed E-state index contributed by atoms with van der Waals surface area (Å²) in [4.78, 5) is 2.36. The van der Waals surface area contributed by atoms with Gasteiger partial charge < -0.3 is 15.4 Å². The fraction of sp³-hybridized carbons (Fsp3) is 0.600. The van der Waals surface area contributed by atoms with Crippen LogP contribution in [0.4, 0.5) is 11.4 Å². The van der Waals surface area contributed by atoms with Gasteiger partial charge in [-0.2, -0.15) is 0 Å². The number of hydrogen-bond donors (Lipinski definition) is 1. The molecule has 1 atom stereocenters. The molecule has 0 bridgehead atoms. The van der Waals surface area contributed by atoms with Crippen LogP contribution in [0.2, 0.25) is 0 Å². The third kappa shape index (κ3) is 3.83. The zero-order valence-corrected chi connectivity index (χ0v) is 12.1. The van der Waals surface area contributed by atoms with Gasteiger partial charge in [0.05, 0.1) is 6.61 Å². The Morgan fingerprint density at radius 1 is 1.22 bits per heavy atom. The fourth-order valence-electron chi connectivity index (χ4n) is 2.04. The lowest BCUT2D eigenvalue weighted by molar-refractivity contribution is 0.317. The minimum absolute atomic E-state index is 0.510. The predicted octanol–water partition coefficient (Wildman–Crippen LogP) is 3.68. The van der Waals surface area contributed by atoms with Crippen molar-refractivity contribution in [3.8, 4) is 5.75 Å². The normalized spacial score (nSPS) is 12.2. The first-order valence-electron chi connectivity index (χ1n) is 6.92. The quantitative estimate of drug-likeness (QED) is 0.750. The first-order chi connectivity index (χ1) is 8.62. The van der Waals surface area contributed by atoms with Crippen LogP contribution in [0.3, 0.4) is 0 Å². The van der Waals surface area contributed by atoms with Gasteiger partial charge >= 0.3 is 0 Å². The minimum atomic E-state index is 0.510. The molecular weight excluding hydrogens is 224 g/mol. The van der Waals surface area contributed by atoms with Gasteiger partial charge in [-0.3, -0.25) is 0 Å². The molecule has 0 saturated carbocycles. The van der Waals surface area contributed by atoms with Gasteiger partial charge in [-0.05, 0) is 32.8 Å². The molecule has 18 heavy (non-hydrogen) atoms. The van der Waals surface area contributed by atoms with Crippen LogP contribution in [-0.2, 0) is 0 Å². The topological polar surface area (TPSA) is 38.5 Å². The molecule has 0 aliphatic carbocycles. The first-order valence-corrected chi connectivity index (χ1v) is 6.92. The van der Waals surface area contributed by atoms with Gasteiger partial charge in [0.25, 0.3) is 0 Å². The van der Waals surface area contributed by atoms with Gasteiger partial charge in [0.1, 0.15) is 5.75 Å². The summed E-state index contributed by atoms with van der Waals surface area (Å²) >= 11 is 0. The summed E-state index contributed by atoms with van der Waals surface area (Å²) < 4.78 is 5.68. The number of nitrogen functional groups attached to an aromatic ring is 1. The summed E-state index contributed by atoms with van der Waals surface area (Å²) in [5.74, 6) is 0.869. The van der Waals surface area contributed by atoms with Gasteiger partial charge in [-0.1, -0.05) is 13.8 Å². The second kappa shape index (κ2) is 7.14. The van der Waals surface area contributed by atoms with Gasteiger partial charge in [0.15, 0.2) is 0 Å². The van der Waals surface area contributed by atoms with Crippen molar-refractivity contribution in [2.24, 2.45) is 0 Å². The number of nitrogens with zero attached hydrogens (tertiary/aromatic N) is 1. The molecule has 0 heterocycles. The Bertz CT molecular complexity index is 366. The second-order valence-electron chi connectivity index (χ2n) is 4.65. The Kier molecular flexibility index (Phi) is 5.83. The van der Waals surface area contributed by atoms with Crippen LogP contribution in [0.15, 0.2) is 18.2 Å². The number of benzene rings is 1. The Labute approximate surface area is 111 Å². The smallest absolute Gasteiger partial charge is 0.123 e. The van der Waals surface area contributed by atoms with E-state index in [9.17, 15) is 0 Å². The molecule has 0 spiro atoms. The van der Waals surface area contributed by atoms with Crippen molar-refractivity contribution in [3.05, 3.63) is 18.2 Å². The van der Waals surface area contributed by atoms with Gasteiger partial charge in [-0.25, -0.2) is 0 Å². The van der Waals surface area contributed by atoms with Crippen molar-refractivity contribution < 1.29 is 4.74 Å². The van der Waals surface area contributed by atoms with Gasteiger partial charge in [0, 0.05) is 36.1 Å². The van der Waals surface area contributed by atoms with Crippen molar-refractivity contribution in [1.82, 2.24) is 0 Å². The zero-order chi connectivity index (χ0) is 13.5. The average Bonchev–Trinajstić information content (AvgIpc) is 2.36. The summed E-state index contributed by atoms with van der Waals surface area (Å²) in [6.45, 7) is 10.4. The second-order valence-corrected chi connectivity index (χ2v) is 4.65. The highest BCUT2D eigenvalue weighted by Crippen LogP contribution is 2.27. The minimum Gasteiger partial charge on any atom is -0.493 e. The van der Waals surface area contributed by atoms with E-state index >= 15 is 0 Å². The van der Waals surface area contributed by atoms with E-state index in [-0.39, 0.29) is 0 Å². The molecule has 0 amide bonds. The highest BCUT2D eigenvalue weighted by molar-refractivity contribution is 5.61. The zero-order valence-electron chi connectivity index (χ0n) is 12.1. The Morgan fingerprint density at radius 2 is 1.94 bits per heavy atom. The van der Waals surface area contributed by atoms with E-state index in [0.29, 0.717) is 6.04 Å². The van der Waals surface area contributed by atoms with E-state index in [2.05, 4.69) is 38.7 Å². The lowest BCUT2D eigenvalue weighted by atomic mass is 10.1. The molecule has 1 unspecified atom stereocenters. The fourth-order valence-corrected chi connectivity index (χ4v) is 2.04. The summed E-state index contributed by atoms with van der Waals surface area (Å²) in [6, 6.07) is 6.51. The largest absolute Gasteiger partial charge is 0.493 e. The molecule has 0 aromatic heterocycles. The molecule has 2 N–H and O–H groups in total. The molecular formula is C15H26N2O. The van der Waals surface area contributed by atoms with E-state index in [4.69, 9.17) is 10.5 Å². The predicted molar refractivity (Wildman–Crippen MR) is 79.4 cm³/mol. The van der Waals surface area contributed by atoms with E-state index in [1.165, 1.54) is 0 Å². The molecule has 0 aliphatic rings. The molecule has 1 aromatic carbocycles. The molecule has 0 saturated heterocycles. The Morgan fingerprint density at radius 3 is 2.50 bits per heavy atom. The van der Waals surface area contributed by atoms with Crippen LogP contribution < -0.4 is 15.4 Å². The summed E-state index contributed by atoms with van der Waals surface area (Å²) in [5.41, 5.74) is 7.87. The highest BCUT2D eigenvalue weighted by Gasteiger charge is 2.12. The molecule has 3 heteroatoms. The maximum Gasteiger partial charge on any atom is 0.123 e. The Balaban J connectivity index is 2.95. The van der Waals surface area contributed by atoms with E-state index in [1.54, 1.807) is 0 Å². The van der Waals surface area contributed by atoms with Crippen LogP contribution in [-0.4, -0.2) is 19.2 Å². The number of nitrogens with two attached hydrogens (primary N) is 1. The van der Waals surface area contributed by atoms with Crippen molar-refractivity contribution in [3.63, 3.8) is 0 Å². The number of rotatable bonds is 7. The Hall–Kier alpha value is -1.38. The third-order valence-electron chi connectivity index (χ3n) is 3.18. The highest BCUT2D eigenvalue weighted by atomic mass is 16.5. The maximum atomic E-state index is 5.96. The molecule has 0 aliphatic heterocycles. The van der Waals surface area contributed by atoms with Crippen LogP contribution in [0, 0.1) is 0 Å². The SMILES string of the molecule is CCCOc1cc(N)cc(N(CC)C(C)CC)c1. The van der Waals surface area contributed by atoms with Crippen LogP contribution in [0.1, 0.15) is 40.5 Å². The summed E-state index contributed by atoms with van der Waals surface area (Å²) in [5, 5.41) is 0. The third-order valence-corrected chi connectivity index (χ3v) is 3.18. The number of ether oxygens (including phenoxy) is 1. The van der Waals surface area contributed by atoms with Gasteiger partial charge in [0.2, 0.25) is 0 Å². The van der Waals surface area contributed by atoms with E-state index in [0.717, 1.165) is 43.1 Å². The van der Waals surface area contributed by atoms with Crippen molar-refractivity contribution in [2.75, 3.05) is 23.8 Å². The van der Waals surface area contributed by atoms with E-state index in [1.807, 2.05) is 12.1 Å². The van der Waals surface area contributed by atoms with Crippen molar-refractivity contribution in [2.45, 2.75) is 46.6 Å². The maximum absolute atomic E-state index is 5.96. The standard InChI is InChI=1S/C15H26N2O/c1-5-8-18-15-10-13(16)9-14(11-15)17(7-3)12(4)6-2/h9-12H,5-8,16H2,1-4H3. The monoisotopic (exact) mass is 250 g/mol. The van der Waals surface area contributed by atoms with E-state index < -0.39 is 0 Å². The average molecular weight is 250 g/mol. The summed E-state index contributed by atoms with van der Waals surface area (Å²) in [7, 11) is 0. The number of hydrogen-bond acceptors (Lipinski definition) is 3. The molecule has 0 fully saturated rings. The first kappa shape index (κ1) is 14.7. The molecule has 102 valence electrons. The van der Waals surface area contributed by atoms with Crippen molar-refractivity contribution in [1.29, 1.82) is 0 Å². The van der Waals surface area contributed by atoms with Crippen LogP contribution in [0.25, 0.3) is 0 Å². The number of anilines is 2. The summed E-state index contributed by atoms with van der Waals surface area (Å²) in [6.07, 6.45) is 2.13. The lowest BCUT2D eigenvalue weighted by Crippen LogP contribution is -2.32.